The van der Waals surface area contributed by atoms with Crippen molar-refractivity contribution < 1.29 is 19.2 Å². The van der Waals surface area contributed by atoms with Crippen molar-refractivity contribution in [3.8, 4) is 0 Å². The third-order valence-electron chi connectivity index (χ3n) is 16.6. The summed E-state index contributed by atoms with van der Waals surface area (Å²) in [4.78, 5) is 73.9. The van der Waals surface area contributed by atoms with E-state index in [-0.39, 0.29) is 57.7 Å². The van der Waals surface area contributed by atoms with Crippen LogP contribution in [0.4, 0.5) is 5.69 Å². The number of fused-ring (bicyclic) bond motifs is 4. The molecular weight excluding hydrogens is 1050 g/mol. The number of carbonyl (C=O) groups excluding carboxylic acids is 4. The maximum atomic E-state index is 13.0. The van der Waals surface area contributed by atoms with E-state index in [1.54, 1.807) is 26.3 Å². The van der Waals surface area contributed by atoms with E-state index >= 15 is 0 Å². The fourth-order valence-electron chi connectivity index (χ4n) is 12.8. The van der Waals surface area contributed by atoms with E-state index in [2.05, 4.69) is 74.7 Å². The van der Waals surface area contributed by atoms with Crippen molar-refractivity contribution in [2.45, 2.75) is 114 Å². The third kappa shape index (κ3) is 10.6. The van der Waals surface area contributed by atoms with Crippen molar-refractivity contribution >= 4 is 77.8 Å². The summed E-state index contributed by atoms with van der Waals surface area (Å²) in [7, 11) is 1.96. The molecule has 0 radical (unpaired) electrons. The average Bonchev–Trinajstić information content (AvgIpc) is 4.27. The van der Waals surface area contributed by atoms with Crippen LogP contribution in [0, 0.1) is 10.8 Å². The SMILES string of the molecule is CCCNC.O=C(NC1CC2(C1)CC(c1n[nH]c(=O)c3ccccc13)C2)c1cnn2cc(Br)ccc12.O=C(NC1CC2(C1)CC(c1n[nH]c(=O)c3ccccc13)C2)c1cnn2cc(N3CCCC3=O)ccc12.O=C1CCCN1. The van der Waals surface area contributed by atoms with Crippen molar-refractivity contribution in [3.05, 3.63) is 145 Å². The summed E-state index contributed by atoms with van der Waals surface area (Å²) >= 11 is 3.42. The lowest BCUT2D eigenvalue weighted by Gasteiger charge is -2.57. The fourth-order valence-corrected chi connectivity index (χ4v) is 13.1. The summed E-state index contributed by atoms with van der Waals surface area (Å²) in [6.45, 7) is 4.90. The zero-order valence-electron chi connectivity index (χ0n) is 43.8. The van der Waals surface area contributed by atoms with Gasteiger partial charge in [-0.25, -0.2) is 19.2 Å². The molecule has 4 saturated carbocycles. The van der Waals surface area contributed by atoms with Crippen molar-refractivity contribution in [1.29, 1.82) is 0 Å². The standard InChI is InChI=1S/C27H26N6O3.C23H20BrN5O2.C4H7NO.C4H11N/c34-23-6-3-9-32(23)18-7-8-22-21(14-28-33(22)15-18)25(35)29-17-12-27(13-17)10-16(11-27)24-19-4-1-2-5-20(19)26(36)31-30-24;24-14-5-6-19-18(11-25-29(19)12-14)21(30)26-15-9-23(10-15)7-13(8-23)20-16-3-1-2-4-17(16)22(31)28-27-20;6-4-2-1-3-5-4;1-3-4-5-2/h1-2,4-5,7-8,14-17H,3,6,9-13H2,(H,29,35)(H,31,36);1-6,11-13,15H,7-10H2,(H,26,30)(H,28,31);1-3H2,(H,5,6);5H,3-4H2,1-2H3. The van der Waals surface area contributed by atoms with Gasteiger partial charge in [0.2, 0.25) is 11.8 Å². The van der Waals surface area contributed by atoms with Gasteiger partial charge in [-0.3, -0.25) is 28.8 Å². The van der Waals surface area contributed by atoms with Crippen molar-refractivity contribution in [1.82, 2.24) is 60.9 Å². The number of nitrogens with zero attached hydrogens (tertiary/aromatic N) is 7. The Morgan fingerprint density at radius 3 is 1.60 bits per heavy atom. The number of hydrogen-bond acceptors (Lipinski definition) is 11. The molecule has 6 aliphatic rings. The van der Waals surface area contributed by atoms with Crippen LogP contribution in [0.25, 0.3) is 32.6 Å². The Labute approximate surface area is 457 Å². The molecule has 0 unspecified atom stereocenters. The molecule has 2 saturated heterocycles. The topological polar surface area (TPSA) is 246 Å². The number of nitrogens with one attached hydrogen (secondary N) is 6. The van der Waals surface area contributed by atoms with Crippen LogP contribution >= 0.6 is 15.9 Å². The van der Waals surface area contributed by atoms with E-state index in [1.807, 2.05) is 92.2 Å². The van der Waals surface area contributed by atoms with Gasteiger partial charge in [0.15, 0.2) is 0 Å². The Hall–Kier alpha value is -7.58. The van der Waals surface area contributed by atoms with Crippen LogP contribution in [0.3, 0.4) is 0 Å². The van der Waals surface area contributed by atoms with Crippen LogP contribution < -0.4 is 37.3 Å². The molecule has 2 aromatic carbocycles. The number of anilines is 1. The van der Waals surface area contributed by atoms with E-state index in [0.717, 1.165) is 134 Å². The van der Waals surface area contributed by atoms with Gasteiger partial charge < -0.3 is 26.2 Å². The number of rotatable bonds is 9. The Bertz CT molecular complexity index is 3680. The molecule has 0 atom stereocenters. The Morgan fingerprint density at radius 2 is 1.17 bits per heavy atom. The minimum absolute atomic E-state index is 0.0682. The first-order chi connectivity index (χ1) is 37.8. The summed E-state index contributed by atoms with van der Waals surface area (Å²) in [5.74, 6) is 0.840. The van der Waals surface area contributed by atoms with Gasteiger partial charge in [-0.2, -0.15) is 20.4 Å². The van der Waals surface area contributed by atoms with E-state index in [0.29, 0.717) is 40.2 Å². The van der Waals surface area contributed by atoms with Gasteiger partial charge >= 0.3 is 0 Å². The minimum Gasteiger partial charge on any atom is -0.356 e. The van der Waals surface area contributed by atoms with Crippen LogP contribution in [0.5, 0.6) is 0 Å². The smallest absolute Gasteiger partial charge is 0.272 e. The molecule has 14 rings (SSSR count). The highest BCUT2D eigenvalue weighted by atomic mass is 79.9. The normalized spacial score (nSPS) is 23.7. The quantitative estimate of drug-likeness (QED) is 0.0829. The predicted molar refractivity (Wildman–Crippen MR) is 301 cm³/mol. The summed E-state index contributed by atoms with van der Waals surface area (Å²) < 4.78 is 4.30. The summed E-state index contributed by atoms with van der Waals surface area (Å²) in [5.41, 5.74) is 5.71. The third-order valence-corrected chi connectivity index (χ3v) is 17.1. The van der Waals surface area contributed by atoms with Gasteiger partial charge in [-0.15, -0.1) is 0 Å². The first-order valence-corrected chi connectivity index (χ1v) is 28.0. The number of amides is 4. The lowest BCUT2D eigenvalue weighted by atomic mass is 9.49. The number of halogens is 1. The molecule has 404 valence electrons. The number of H-pyrrole nitrogens is 2. The Kier molecular flexibility index (Phi) is 14.8. The zero-order valence-corrected chi connectivity index (χ0v) is 45.4. The molecule has 2 aliphatic heterocycles. The number of carbonyl (C=O) groups is 4. The van der Waals surface area contributed by atoms with Crippen LogP contribution in [-0.4, -0.2) is 102 Å². The highest BCUT2D eigenvalue weighted by Crippen LogP contribution is 2.63. The van der Waals surface area contributed by atoms with Gasteiger partial charge in [0.1, 0.15) is 0 Å². The number of aromatic nitrogens is 8. The molecule has 2 spiro atoms. The molecule has 8 aromatic rings. The number of benzene rings is 2. The average molecular weight is 1120 g/mol. The molecule has 8 heterocycles. The van der Waals surface area contributed by atoms with Crippen LogP contribution in [0.2, 0.25) is 0 Å². The van der Waals surface area contributed by atoms with Gasteiger partial charge in [-0.05, 0) is 147 Å². The second kappa shape index (κ2) is 22.0. The number of hydrogen-bond donors (Lipinski definition) is 6. The zero-order chi connectivity index (χ0) is 54.1. The van der Waals surface area contributed by atoms with Crippen LogP contribution in [-0.2, 0) is 9.59 Å². The highest BCUT2D eigenvalue weighted by Gasteiger charge is 2.55. The molecule has 19 nitrogen and oxygen atoms in total. The summed E-state index contributed by atoms with van der Waals surface area (Å²) in [6.07, 6.45) is 19.3. The number of aromatic amines is 2. The monoisotopic (exact) mass is 1120 g/mol. The van der Waals surface area contributed by atoms with Crippen LogP contribution in [0.1, 0.15) is 134 Å². The molecule has 78 heavy (non-hydrogen) atoms. The lowest BCUT2D eigenvalue weighted by molar-refractivity contribution is -0.119. The molecule has 0 bridgehead atoms. The Morgan fingerprint density at radius 1 is 0.654 bits per heavy atom. The second-order valence-corrected chi connectivity index (χ2v) is 23.0. The molecular formula is C58H64BrN13O6. The van der Waals surface area contributed by atoms with Crippen molar-refractivity contribution in [3.63, 3.8) is 0 Å². The van der Waals surface area contributed by atoms with E-state index in [4.69, 9.17) is 0 Å². The van der Waals surface area contributed by atoms with Gasteiger partial charge in [0, 0.05) is 71.3 Å². The van der Waals surface area contributed by atoms with E-state index in [9.17, 15) is 28.8 Å². The van der Waals surface area contributed by atoms with E-state index < -0.39 is 0 Å². The van der Waals surface area contributed by atoms with Gasteiger partial charge in [-0.1, -0.05) is 43.3 Å². The molecule has 6 N–H and O–H groups in total. The van der Waals surface area contributed by atoms with Gasteiger partial charge in [0.05, 0.1) is 68.6 Å². The largest absolute Gasteiger partial charge is 0.356 e. The maximum absolute atomic E-state index is 13.0. The Balaban J connectivity index is 0.000000140. The maximum Gasteiger partial charge on any atom is 0.272 e. The predicted octanol–water partition coefficient (Wildman–Crippen LogP) is 7.46. The fraction of sp³-hybridized carbons (Fsp3) is 0.414. The molecule has 6 aromatic heterocycles. The first-order valence-electron chi connectivity index (χ1n) is 27.2. The highest BCUT2D eigenvalue weighted by molar-refractivity contribution is 9.10. The van der Waals surface area contributed by atoms with E-state index in [1.165, 1.54) is 6.42 Å². The molecule has 20 heteroatoms. The van der Waals surface area contributed by atoms with Crippen molar-refractivity contribution in [2.75, 3.05) is 31.6 Å². The molecule has 6 fully saturated rings. The van der Waals surface area contributed by atoms with Gasteiger partial charge in [0.25, 0.3) is 22.9 Å². The van der Waals surface area contributed by atoms with Crippen LogP contribution in [0.15, 0.2) is 112 Å². The molecule has 4 aliphatic carbocycles. The van der Waals surface area contributed by atoms with Crippen molar-refractivity contribution in [2.24, 2.45) is 10.8 Å². The summed E-state index contributed by atoms with van der Waals surface area (Å²) in [5, 5.41) is 38.0. The lowest BCUT2D eigenvalue weighted by Crippen LogP contribution is -2.55. The number of pyridine rings is 2. The first kappa shape index (κ1) is 52.5. The summed E-state index contributed by atoms with van der Waals surface area (Å²) in [6, 6.07) is 23.2. The molecule has 4 amide bonds. The minimum atomic E-state index is -0.150. The second-order valence-electron chi connectivity index (χ2n) is 22.1.